The maximum atomic E-state index is 12.1. The Hall–Kier alpha value is -3.18. The van der Waals surface area contributed by atoms with Crippen molar-refractivity contribution < 1.29 is 9.59 Å². The Bertz CT molecular complexity index is 928. The maximum absolute atomic E-state index is 12.1. The summed E-state index contributed by atoms with van der Waals surface area (Å²) in [4.78, 5) is 28.1. The molecule has 0 aliphatic carbocycles. The zero-order chi connectivity index (χ0) is 19.1. The summed E-state index contributed by atoms with van der Waals surface area (Å²) < 4.78 is 0. The lowest BCUT2D eigenvalue weighted by atomic mass is 10.1. The molecule has 1 heterocycles. The third-order valence-corrected chi connectivity index (χ3v) is 4.30. The summed E-state index contributed by atoms with van der Waals surface area (Å²) in [6, 6.07) is 18.0. The Balaban J connectivity index is 1.51. The largest absolute Gasteiger partial charge is 0.352 e. The highest BCUT2D eigenvalue weighted by Crippen LogP contribution is 2.15. The third kappa shape index (κ3) is 5.39. The van der Waals surface area contributed by atoms with Crippen molar-refractivity contribution in [2.24, 2.45) is 0 Å². The normalized spacial score (nSPS) is 10.3. The van der Waals surface area contributed by atoms with Gasteiger partial charge in [0, 0.05) is 29.6 Å². The van der Waals surface area contributed by atoms with Gasteiger partial charge in [0.05, 0.1) is 12.0 Å². The minimum absolute atomic E-state index is 0.0999. The van der Waals surface area contributed by atoms with E-state index in [0.717, 1.165) is 11.1 Å². The number of benzene rings is 2. The molecule has 2 N–H and O–H groups in total. The summed E-state index contributed by atoms with van der Waals surface area (Å²) in [6.07, 6.45) is 3.36. The van der Waals surface area contributed by atoms with E-state index in [1.807, 2.05) is 30.3 Å². The van der Waals surface area contributed by atoms with Crippen molar-refractivity contribution in [3.05, 3.63) is 94.8 Å². The van der Waals surface area contributed by atoms with Crippen LogP contribution in [0.4, 0.5) is 5.69 Å². The first-order valence-electron chi connectivity index (χ1n) is 8.42. The number of pyridine rings is 1. The van der Waals surface area contributed by atoms with Crippen molar-refractivity contribution in [2.45, 2.75) is 13.0 Å². The Kier molecular flexibility index (Phi) is 6.18. The van der Waals surface area contributed by atoms with Crippen molar-refractivity contribution in [3.8, 4) is 0 Å². The lowest BCUT2D eigenvalue weighted by molar-refractivity contribution is -0.120. The van der Waals surface area contributed by atoms with E-state index in [2.05, 4.69) is 15.6 Å². The quantitative estimate of drug-likeness (QED) is 0.683. The zero-order valence-corrected chi connectivity index (χ0v) is 15.2. The fourth-order valence-electron chi connectivity index (χ4n) is 2.48. The molecule has 3 aromatic rings. The lowest BCUT2D eigenvalue weighted by Crippen LogP contribution is -2.24. The fourth-order valence-corrected chi connectivity index (χ4v) is 2.69. The van der Waals surface area contributed by atoms with Crippen molar-refractivity contribution in [1.82, 2.24) is 10.3 Å². The van der Waals surface area contributed by atoms with Crippen LogP contribution in [0, 0.1) is 0 Å². The number of halogens is 1. The molecule has 0 spiro atoms. The summed E-state index contributed by atoms with van der Waals surface area (Å²) in [5.74, 6) is -0.319. The van der Waals surface area contributed by atoms with Gasteiger partial charge in [-0.15, -0.1) is 0 Å². The van der Waals surface area contributed by atoms with Crippen LogP contribution < -0.4 is 10.6 Å². The average Bonchev–Trinajstić information content (AvgIpc) is 2.70. The summed E-state index contributed by atoms with van der Waals surface area (Å²) in [5.41, 5.74) is 2.90. The van der Waals surface area contributed by atoms with E-state index in [0.29, 0.717) is 22.8 Å². The van der Waals surface area contributed by atoms with Crippen LogP contribution >= 0.6 is 11.6 Å². The molecule has 0 saturated carbocycles. The zero-order valence-electron chi connectivity index (χ0n) is 14.5. The summed E-state index contributed by atoms with van der Waals surface area (Å²) in [7, 11) is 0. The van der Waals surface area contributed by atoms with E-state index in [1.165, 1.54) is 6.20 Å². The molecule has 2 amide bonds. The molecule has 0 radical (unpaired) electrons. The molecule has 0 atom stereocenters. The SMILES string of the molecule is O=C(Cc1ccccc1Cl)NCc1ccc(NC(=O)c2cccnc2)cc1. The van der Waals surface area contributed by atoms with Gasteiger partial charge in [0.2, 0.25) is 5.91 Å². The number of nitrogens with zero attached hydrogens (tertiary/aromatic N) is 1. The first-order chi connectivity index (χ1) is 13.1. The summed E-state index contributed by atoms with van der Waals surface area (Å²) in [6.45, 7) is 0.403. The van der Waals surface area contributed by atoms with Crippen LogP contribution in [0.2, 0.25) is 5.02 Å². The fraction of sp³-hybridized carbons (Fsp3) is 0.0952. The Morgan fingerprint density at radius 2 is 1.74 bits per heavy atom. The van der Waals surface area contributed by atoms with E-state index in [1.54, 1.807) is 36.5 Å². The predicted molar refractivity (Wildman–Crippen MR) is 106 cm³/mol. The Morgan fingerprint density at radius 1 is 0.963 bits per heavy atom. The van der Waals surface area contributed by atoms with Crippen LogP contribution in [0.1, 0.15) is 21.5 Å². The molecule has 0 bridgehead atoms. The van der Waals surface area contributed by atoms with Crippen LogP contribution in [-0.2, 0) is 17.8 Å². The minimum Gasteiger partial charge on any atom is -0.352 e. The van der Waals surface area contributed by atoms with Crippen LogP contribution in [0.3, 0.4) is 0 Å². The van der Waals surface area contributed by atoms with Crippen molar-refractivity contribution >= 4 is 29.1 Å². The maximum Gasteiger partial charge on any atom is 0.257 e. The standard InChI is InChI=1S/C21H18ClN3O2/c22-19-6-2-1-4-16(19)12-20(26)24-13-15-7-9-18(10-8-15)25-21(27)17-5-3-11-23-14-17/h1-11,14H,12-13H2,(H,24,26)(H,25,27). The topological polar surface area (TPSA) is 71.1 Å². The van der Waals surface area contributed by atoms with Gasteiger partial charge in [-0.2, -0.15) is 0 Å². The highest BCUT2D eigenvalue weighted by atomic mass is 35.5. The first-order valence-corrected chi connectivity index (χ1v) is 8.80. The molecule has 3 rings (SSSR count). The minimum atomic E-state index is -0.219. The third-order valence-electron chi connectivity index (χ3n) is 3.93. The number of rotatable bonds is 6. The summed E-state index contributed by atoms with van der Waals surface area (Å²) in [5, 5.41) is 6.26. The number of carbonyl (C=O) groups excluding carboxylic acids is 2. The smallest absolute Gasteiger partial charge is 0.257 e. The van der Waals surface area contributed by atoms with E-state index in [9.17, 15) is 9.59 Å². The molecule has 2 aromatic carbocycles. The molecule has 27 heavy (non-hydrogen) atoms. The number of hydrogen-bond donors (Lipinski definition) is 2. The number of anilines is 1. The van der Waals surface area contributed by atoms with E-state index < -0.39 is 0 Å². The molecule has 0 aliphatic heterocycles. The monoisotopic (exact) mass is 379 g/mol. The lowest BCUT2D eigenvalue weighted by Gasteiger charge is -2.08. The van der Waals surface area contributed by atoms with Gasteiger partial charge in [0.1, 0.15) is 0 Å². The molecule has 0 aliphatic rings. The van der Waals surface area contributed by atoms with Gasteiger partial charge in [-0.25, -0.2) is 0 Å². The predicted octanol–water partition coefficient (Wildman–Crippen LogP) is 3.85. The van der Waals surface area contributed by atoms with Gasteiger partial charge in [-0.05, 0) is 41.5 Å². The van der Waals surface area contributed by atoms with Crippen molar-refractivity contribution in [2.75, 3.05) is 5.32 Å². The second-order valence-corrected chi connectivity index (χ2v) is 6.34. The van der Waals surface area contributed by atoms with Gasteiger partial charge in [-0.3, -0.25) is 14.6 Å². The molecule has 1 aromatic heterocycles. The molecular formula is C21H18ClN3O2. The second kappa shape index (κ2) is 8.96. The second-order valence-electron chi connectivity index (χ2n) is 5.94. The molecule has 0 saturated heterocycles. The van der Waals surface area contributed by atoms with Crippen molar-refractivity contribution in [1.29, 1.82) is 0 Å². The number of aromatic nitrogens is 1. The van der Waals surface area contributed by atoms with Crippen molar-refractivity contribution in [3.63, 3.8) is 0 Å². The average molecular weight is 380 g/mol. The number of carbonyl (C=O) groups is 2. The van der Waals surface area contributed by atoms with Crippen LogP contribution in [-0.4, -0.2) is 16.8 Å². The van der Waals surface area contributed by atoms with Gasteiger partial charge in [-0.1, -0.05) is 41.9 Å². The Morgan fingerprint density at radius 3 is 2.44 bits per heavy atom. The van der Waals surface area contributed by atoms with E-state index in [4.69, 9.17) is 11.6 Å². The van der Waals surface area contributed by atoms with Crippen LogP contribution in [0.5, 0.6) is 0 Å². The van der Waals surface area contributed by atoms with Gasteiger partial charge < -0.3 is 10.6 Å². The van der Waals surface area contributed by atoms with Crippen LogP contribution in [0.15, 0.2) is 73.1 Å². The van der Waals surface area contributed by atoms with E-state index >= 15 is 0 Å². The van der Waals surface area contributed by atoms with E-state index in [-0.39, 0.29) is 18.2 Å². The highest BCUT2D eigenvalue weighted by Gasteiger charge is 2.08. The molecule has 0 unspecified atom stereocenters. The Labute approximate surface area is 162 Å². The number of hydrogen-bond acceptors (Lipinski definition) is 3. The molecule has 0 fully saturated rings. The molecule has 136 valence electrons. The highest BCUT2D eigenvalue weighted by molar-refractivity contribution is 6.31. The van der Waals surface area contributed by atoms with Gasteiger partial charge in [0.25, 0.3) is 5.91 Å². The van der Waals surface area contributed by atoms with Gasteiger partial charge >= 0.3 is 0 Å². The van der Waals surface area contributed by atoms with Gasteiger partial charge in [0.15, 0.2) is 0 Å². The summed E-state index contributed by atoms with van der Waals surface area (Å²) >= 11 is 6.07. The number of amides is 2. The molecular weight excluding hydrogens is 362 g/mol. The number of nitrogens with one attached hydrogen (secondary N) is 2. The van der Waals surface area contributed by atoms with Crippen LogP contribution in [0.25, 0.3) is 0 Å². The molecule has 6 heteroatoms. The first kappa shape index (κ1) is 18.6. The molecule has 5 nitrogen and oxygen atoms in total.